The number of amides is 2. The maximum Gasteiger partial charge on any atom is 0.338 e. The molecule has 1 atom stereocenters. The summed E-state index contributed by atoms with van der Waals surface area (Å²) >= 11 is 0. The number of hydrogen-bond donors (Lipinski definition) is 2. The third-order valence-corrected chi connectivity index (χ3v) is 6.45. The molecule has 2 amide bonds. The summed E-state index contributed by atoms with van der Waals surface area (Å²) in [5, 5.41) is 5.78. The van der Waals surface area contributed by atoms with Crippen LogP contribution in [0.15, 0.2) is 59.8 Å². The van der Waals surface area contributed by atoms with E-state index in [0.717, 1.165) is 31.7 Å². The topological polar surface area (TPSA) is 73.9 Å². The fourth-order valence-corrected chi connectivity index (χ4v) is 4.54. The molecule has 2 heterocycles. The molecule has 33 heavy (non-hydrogen) atoms. The SMILES string of the molecule is CCOC(=O)C1=C(CN2CCN(c3cccc(C)c3C)CC2)NC(=O)N[C@H]1c1ccccc1. The molecule has 0 bridgehead atoms. The van der Waals surface area contributed by atoms with Crippen LogP contribution in [0.2, 0.25) is 0 Å². The number of urea groups is 1. The Balaban J connectivity index is 1.55. The van der Waals surface area contributed by atoms with E-state index >= 15 is 0 Å². The van der Waals surface area contributed by atoms with E-state index in [9.17, 15) is 9.59 Å². The van der Waals surface area contributed by atoms with Crippen molar-refractivity contribution in [2.24, 2.45) is 0 Å². The molecular formula is C26H32N4O3. The summed E-state index contributed by atoms with van der Waals surface area (Å²) in [6.07, 6.45) is 0. The summed E-state index contributed by atoms with van der Waals surface area (Å²) < 4.78 is 5.37. The molecule has 2 N–H and O–H groups in total. The van der Waals surface area contributed by atoms with Gasteiger partial charge in [0.05, 0.1) is 18.2 Å². The Bertz CT molecular complexity index is 1040. The van der Waals surface area contributed by atoms with Gasteiger partial charge in [-0.25, -0.2) is 9.59 Å². The molecule has 0 unspecified atom stereocenters. The van der Waals surface area contributed by atoms with E-state index in [-0.39, 0.29) is 12.6 Å². The van der Waals surface area contributed by atoms with Crippen LogP contribution in [0.3, 0.4) is 0 Å². The minimum atomic E-state index is -0.537. The largest absolute Gasteiger partial charge is 0.463 e. The molecule has 0 aliphatic carbocycles. The monoisotopic (exact) mass is 448 g/mol. The van der Waals surface area contributed by atoms with Crippen LogP contribution in [0.5, 0.6) is 0 Å². The highest BCUT2D eigenvalue weighted by Crippen LogP contribution is 2.29. The van der Waals surface area contributed by atoms with Gasteiger partial charge in [0.25, 0.3) is 0 Å². The van der Waals surface area contributed by atoms with Gasteiger partial charge in [0.15, 0.2) is 0 Å². The van der Waals surface area contributed by atoms with E-state index in [1.54, 1.807) is 6.92 Å². The number of ether oxygens (including phenoxy) is 1. The highest BCUT2D eigenvalue weighted by atomic mass is 16.5. The van der Waals surface area contributed by atoms with Crippen molar-refractivity contribution in [2.45, 2.75) is 26.8 Å². The van der Waals surface area contributed by atoms with Gasteiger partial charge in [-0.1, -0.05) is 42.5 Å². The molecule has 7 heteroatoms. The standard InChI is InChI=1S/C26H32N4O3/c1-4-33-25(31)23-21(27-26(32)28-24(23)20-10-6-5-7-11-20)17-29-13-15-30(16-14-29)22-12-8-9-18(2)19(22)3/h5-12,24H,4,13-17H2,1-3H3,(H2,27,28,32)/t24-/m0/s1. The average Bonchev–Trinajstić information content (AvgIpc) is 2.82. The number of benzene rings is 2. The average molecular weight is 449 g/mol. The summed E-state index contributed by atoms with van der Waals surface area (Å²) in [4.78, 5) is 30.1. The van der Waals surface area contributed by atoms with Crippen LogP contribution >= 0.6 is 0 Å². The van der Waals surface area contributed by atoms with Crippen molar-refractivity contribution in [3.63, 3.8) is 0 Å². The number of aryl methyl sites for hydroxylation is 1. The fraction of sp³-hybridized carbons (Fsp3) is 0.385. The van der Waals surface area contributed by atoms with E-state index in [1.807, 2.05) is 30.3 Å². The predicted molar refractivity (Wildman–Crippen MR) is 129 cm³/mol. The Morgan fingerprint density at radius 2 is 1.76 bits per heavy atom. The van der Waals surface area contributed by atoms with Crippen molar-refractivity contribution < 1.29 is 14.3 Å². The summed E-state index contributed by atoms with van der Waals surface area (Å²) in [5.74, 6) is -0.400. The third kappa shape index (κ3) is 5.03. The lowest BCUT2D eigenvalue weighted by atomic mass is 9.95. The molecule has 1 saturated heterocycles. The second kappa shape index (κ2) is 10.1. The number of carbonyl (C=O) groups excluding carboxylic acids is 2. The van der Waals surface area contributed by atoms with Gasteiger partial charge in [0, 0.05) is 44.1 Å². The first-order valence-corrected chi connectivity index (χ1v) is 11.5. The zero-order valence-corrected chi connectivity index (χ0v) is 19.6. The molecule has 2 aliphatic heterocycles. The first-order valence-electron chi connectivity index (χ1n) is 11.5. The van der Waals surface area contributed by atoms with Crippen LogP contribution in [0, 0.1) is 13.8 Å². The maximum atomic E-state index is 12.9. The molecule has 4 rings (SSSR count). The predicted octanol–water partition coefficient (Wildman–Crippen LogP) is 3.30. The number of rotatable bonds is 6. The molecule has 0 spiro atoms. The first kappa shape index (κ1) is 22.9. The molecule has 7 nitrogen and oxygen atoms in total. The Kier molecular flexibility index (Phi) is 6.99. The lowest BCUT2D eigenvalue weighted by Crippen LogP contribution is -2.52. The van der Waals surface area contributed by atoms with Gasteiger partial charge in [-0.05, 0) is 43.5 Å². The smallest absolute Gasteiger partial charge is 0.338 e. The summed E-state index contributed by atoms with van der Waals surface area (Å²) in [6, 6.07) is 15.1. The molecule has 0 radical (unpaired) electrons. The molecule has 0 aromatic heterocycles. The van der Waals surface area contributed by atoms with E-state index in [0.29, 0.717) is 17.8 Å². The molecule has 2 aliphatic rings. The lowest BCUT2D eigenvalue weighted by molar-refractivity contribution is -0.139. The minimum Gasteiger partial charge on any atom is -0.463 e. The van der Waals surface area contributed by atoms with E-state index < -0.39 is 12.0 Å². The quantitative estimate of drug-likeness (QED) is 0.664. The highest BCUT2D eigenvalue weighted by Gasteiger charge is 2.34. The van der Waals surface area contributed by atoms with Crippen molar-refractivity contribution in [2.75, 3.05) is 44.2 Å². The van der Waals surface area contributed by atoms with Gasteiger partial charge in [-0.3, -0.25) is 4.90 Å². The van der Waals surface area contributed by atoms with Gasteiger partial charge in [0.1, 0.15) is 0 Å². The summed E-state index contributed by atoms with van der Waals surface area (Å²) in [6.45, 7) is 10.3. The second-order valence-corrected chi connectivity index (χ2v) is 8.54. The number of piperazine rings is 1. The number of carbonyl (C=O) groups is 2. The van der Waals surface area contributed by atoms with Crippen molar-refractivity contribution >= 4 is 17.7 Å². The Hall–Kier alpha value is -3.32. The molecule has 2 aromatic carbocycles. The van der Waals surface area contributed by atoms with E-state index in [2.05, 4.69) is 52.5 Å². The second-order valence-electron chi connectivity index (χ2n) is 8.54. The van der Waals surface area contributed by atoms with E-state index in [4.69, 9.17) is 4.74 Å². The van der Waals surface area contributed by atoms with Gasteiger partial charge < -0.3 is 20.3 Å². The van der Waals surface area contributed by atoms with Crippen LogP contribution in [-0.4, -0.2) is 56.2 Å². The number of nitrogens with zero attached hydrogens (tertiary/aromatic N) is 2. The first-order chi connectivity index (χ1) is 16.0. The van der Waals surface area contributed by atoms with Gasteiger partial charge >= 0.3 is 12.0 Å². The van der Waals surface area contributed by atoms with Crippen molar-refractivity contribution in [3.8, 4) is 0 Å². The number of anilines is 1. The van der Waals surface area contributed by atoms with Gasteiger partial charge in [-0.15, -0.1) is 0 Å². The van der Waals surface area contributed by atoms with E-state index in [1.165, 1.54) is 16.8 Å². The zero-order chi connectivity index (χ0) is 23.4. The number of hydrogen-bond acceptors (Lipinski definition) is 5. The highest BCUT2D eigenvalue weighted by molar-refractivity contribution is 5.95. The summed E-state index contributed by atoms with van der Waals surface area (Å²) in [7, 11) is 0. The number of esters is 1. The van der Waals surface area contributed by atoms with Gasteiger partial charge in [0.2, 0.25) is 0 Å². The summed E-state index contributed by atoms with van der Waals surface area (Å²) in [5.41, 5.74) is 5.83. The fourth-order valence-electron chi connectivity index (χ4n) is 4.54. The van der Waals surface area contributed by atoms with Crippen LogP contribution < -0.4 is 15.5 Å². The van der Waals surface area contributed by atoms with Crippen LogP contribution in [0.1, 0.15) is 29.7 Å². The minimum absolute atomic E-state index is 0.277. The van der Waals surface area contributed by atoms with Crippen LogP contribution in [-0.2, 0) is 9.53 Å². The normalized spacial score (nSPS) is 19.2. The van der Waals surface area contributed by atoms with Crippen LogP contribution in [0.25, 0.3) is 0 Å². The van der Waals surface area contributed by atoms with Crippen LogP contribution in [0.4, 0.5) is 10.5 Å². The Morgan fingerprint density at radius 3 is 2.45 bits per heavy atom. The molecule has 174 valence electrons. The lowest BCUT2D eigenvalue weighted by Gasteiger charge is -2.38. The molecular weight excluding hydrogens is 416 g/mol. The third-order valence-electron chi connectivity index (χ3n) is 6.45. The Labute approximate surface area is 195 Å². The van der Waals surface area contributed by atoms with Crippen molar-refractivity contribution in [3.05, 3.63) is 76.5 Å². The molecule has 0 saturated carbocycles. The molecule has 2 aromatic rings. The number of nitrogens with one attached hydrogen (secondary N) is 2. The van der Waals surface area contributed by atoms with Gasteiger partial charge in [-0.2, -0.15) is 0 Å². The molecule has 1 fully saturated rings. The Morgan fingerprint density at radius 1 is 1.03 bits per heavy atom. The van der Waals surface area contributed by atoms with Crippen molar-refractivity contribution in [1.29, 1.82) is 0 Å². The maximum absolute atomic E-state index is 12.9. The van der Waals surface area contributed by atoms with Crippen molar-refractivity contribution in [1.82, 2.24) is 15.5 Å². The zero-order valence-electron chi connectivity index (χ0n) is 19.6.